The second-order valence-electron chi connectivity index (χ2n) is 11.0. The molecule has 0 saturated carbocycles. The molecule has 4 aromatic rings. The van der Waals surface area contributed by atoms with E-state index >= 15 is 4.39 Å². The van der Waals surface area contributed by atoms with Crippen LogP contribution in [0, 0.1) is 11.6 Å². The van der Waals surface area contributed by atoms with Crippen molar-refractivity contribution in [2.24, 2.45) is 0 Å². The summed E-state index contributed by atoms with van der Waals surface area (Å²) in [6.07, 6.45) is 0.546. The molecule has 1 saturated heterocycles. The molecule has 2 atom stereocenters. The molecule has 236 valence electrons. The standard InChI is InChI=1S/C34H29F2N3O6S/c1-2-44-34(42)23-16-38-30(32(31(23)40)45-17-20-8-4-3-5-9-20)33(41)37-14-15-43-18-27(37)39(38)29-21-12-13-25(35)28(36)24(21)19-46-26-11-7-6-10-22(26)29/h3-13,16,27,29H,2,14-15,17-19H2,1H3/t27-,29-/m1/s1. The first-order valence-electron chi connectivity index (χ1n) is 14.9. The number of ether oxygens (including phenoxy) is 3. The number of esters is 1. The van der Waals surface area contributed by atoms with E-state index in [2.05, 4.69) is 0 Å². The van der Waals surface area contributed by atoms with E-state index in [1.807, 2.05) is 54.6 Å². The van der Waals surface area contributed by atoms with E-state index in [-0.39, 0.29) is 61.3 Å². The largest absolute Gasteiger partial charge is 0.482 e. The van der Waals surface area contributed by atoms with E-state index in [9.17, 15) is 18.8 Å². The molecule has 0 spiro atoms. The molecular weight excluding hydrogens is 616 g/mol. The minimum absolute atomic E-state index is 0.0125. The third-order valence-electron chi connectivity index (χ3n) is 8.37. The first-order valence-corrected chi connectivity index (χ1v) is 15.9. The smallest absolute Gasteiger partial charge is 0.343 e. The number of amides is 1. The Balaban J connectivity index is 1.51. The molecular formula is C34H29F2N3O6S. The number of rotatable bonds is 6. The Bertz CT molecular complexity index is 1900. The second-order valence-corrected chi connectivity index (χ2v) is 12.0. The molecule has 7 rings (SSSR count). The molecule has 3 aliphatic rings. The summed E-state index contributed by atoms with van der Waals surface area (Å²) in [5, 5.41) is 1.80. The molecule has 0 N–H and O–H groups in total. The van der Waals surface area contributed by atoms with Crippen LogP contribution in [0.15, 0.2) is 82.6 Å². The summed E-state index contributed by atoms with van der Waals surface area (Å²) in [6, 6.07) is 18.5. The molecule has 1 amide bonds. The van der Waals surface area contributed by atoms with Gasteiger partial charge in [0, 0.05) is 29.0 Å². The average molecular weight is 646 g/mol. The summed E-state index contributed by atoms with van der Waals surface area (Å²) >= 11 is 1.38. The van der Waals surface area contributed by atoms with Gasteiger partial charge in [0.05, 0.1) is 25.9 Å². The van der Waals surface area contributed by atoms with Crippen molar-refractivity contribution in [1.82, 2.24) is 9.58 Å². The van der Waals surface area contributed by atoms with Gasteiger partial charge in [0.1, 0.15) is 18.3 Å². The molecule has 12 heteroatoms. The Morgan fingerprint density at radius 2 is 1.80 bits per heavy atom. The van der Waals surface area contributed by atoms with Gasteiger partial charge in [-0.15, -0.1) is 11.8 Å². The number of carbonyl (C=O) groups is 2. The third-order valence-corrected chi connectivity index (χ3v) is 9.48. The number of aromatic nitrogens is 1. The molecule has 0 radical (unpaired) electrons. The maximum atomic E-state index is 15.5. The topological polar surface area (TPSA) is 90.3 Å². The molecule has 46 heavy (non-hydrogen) atoms. The fourth-order valence-corrected chi connectivity index (χ4v) is 7.36. The number of thioether (sulfide) groups is 1. The first kappa shape index (κ1) is 30.0. The maximum absolute atomic E-state index is 15.5. The highest BCUT2D eigenvalue weighted by Crippen LogP contribution is 2.45. The Morgan fingerprint density at radius 3 is 2.61 bits per heavy atom. The number of hydrogen-bond acceptors (Lipinski definition) is 8. The van der Waals surface area contributed by atoms with Gasteiger partial charge in [-0.2, -0.15) is 0 Å². The highest BCUT2D eigenvalue weighted by atomic mass is 32.2. The molecule has 9 nitrogen and oxygen atoms in total. The SMILES string of the molecule is CCOC(=O)c1cn2c(c(OCc3ccccc3)c1=O)C(=O)N1CCOC[C@H]1N2[C@H]1c2ccccc2SCc2c1ccc(F)c2F. The van der Waals surface area contributed by atoms with Crippen LogP contribution in [0.1, 0.15) is 56.1 Å². The number of carbonyl (C=O) groups excluding carboxylic acids is 2. The number of morpholine rings is 1. The predicted molar refractivity (Wildman–Crippen MR) is 165 cm³/mol. The summed E-state index contributed by atoms with van der Waals surface area (Å²) in [5.41, 5.74) is 0.958. The van der Waals surface area contributed by atoms with Gasteiger partial charge in [-0.1, -0.05) is 54.6 Å². The lowest BCUT2D eigenvalue weighted by molar-refractivity contribution is -0.0200. The van der Waals surface area contributed by atoms with Crippen LogP contribution in [0.25, 0.3) is 0 Å². The van der Waals surface area contributed by atoms with Crippen molar-refractivity contribution in [2.75, 3.05) is 31.4 Å². The number of benzene rings is 3. The number of halogens is 2. The molecule has 1 fully saturated rings. The zero-order valence-electron chi connectivity index (χ0n) is 24.8. The van der Waals surface area contributed by atoms with E-state index in [4.69, 9.17) is 14.2 Å². The van der Waals surface area contributed by atoms with Crippen molar-refractivity contribution in [2.45, 2.75) is 36.4 Å². The van der Waals surface area contributed by atoms with Gasteiger partial charge in [-0.25, -0.2) is 13.6 Å². The van der Waals surface area contributed by atoms with Crippen LogP contribution in [0.5, 0.6) is 5.75 Å². The summed E-state index contributed by atoms with van der Waals surface area (Å²) in [6.45, 7) is 2.13. The van der Waals surface area contributed by atoms with Crippen LogP contribution >= 0.6 is 11.8 Å². The van der Waals surface area contributed by atoms with Crippen LogP contribution in [0.4, 0.5) is 8.78 Å². The quantitative estimate of drug-likeness (QED) is 0.270. The van der Waals surface area contributed by atoms with E-state index in [0.29, 0.717) is 5.56 Å². The third kappa shape index (κ3) is 5.01. The Morgan fingerprint density at radius 1 is 1.02 bits per heavy atom. The van der Waals surface area contributed by atoms with Crippen LogP contribution in [0.3, 0.4) is 0 Å². The lowest BCUT2D eigenvalue weighted by Crippen LogP contribution is -2.66. The summed E-state index contributed by atoms with van der Waals surface area (Å²) in [7, 11) is 0. The van der Waals surface area contributed by atoms with Crippen LogP contribution in [0.2, 0.25) is 0 Å². The van der Waals surface area contributed by atoms with Gasteiger partial charge in [0.2, 0.25) is 5.43 Å². The van der Waals surface area contributed by atoms with Crippen molar-refractivity contribution >= 4 is 23.6 Å². The highest BCUT2D eigenvalue weighted by Gasteiger charge is 2.47. The van der Waals surface area contributed by atoms with E-state index in [1.165, 1.54) is 22.6 Å². The predicted octanol–water partition coefficient (Wildman–Crippen LogP) is 5.03. The Kier molecular flexibility index (Phi) is 7.99. The van der Waals surface area contributed by atoms with E-state index in [1.54, 1.807) is 22.9 Å². The lowest BCUT2D eigenvalue weighted by atomic mass is 9.93. The minimum Gasteiger partial charge on any atom is -0.482 e. The average Bonchev–Trinajstić information content (AvgIpc) is 3.24. The summed E-state index contributed by atoms with van der Waals surface area (Å²) in [4.78, 5) is 43.9. The number of nitrogens with zero attached hydrogens (tertiary/aromatic N) is 3. The highest BCUT2D eigenvalue weighted by molar-refractivity contribution is 7.98. The number of hydrogen-bond donors (Lipinski definition) is 0. The van der Waals surface area contributed by atoms with Crippen molar-refractivity contribution in [3.63, 3.8) is 0 Å². The van der Waals surface area contributed by atoms with E-state index in [0.717, 1.165) is 22.1 Å². The Hall–Kier alpha value is -4.68. The normalized spacial score (nSPS) is 18.5. The van der Waals surface area contributed by atoms with Crippen molar-refractivity contribution < 1.29 is 32.6 Å². The molecule has 0 unspecified atom stereocenters. The van der Waals surface area contributed by atoms with Gasteiger partial charge >= 0.3 is 5.97 Å². The lowest BCUT2D eigenvalue weighted by Gasteiger charge is -2.51. The molecule has 3 aliphatic heterocycles. The zero-order valence-corrected chi connectivity index (χ0v) is 25.6. The molecule has 4 heterocycles. The van der Waals surface area contributed by atoms with Gasteiger partial charge in [0.15, 0.2) is 23.1 Å². The zero-order chi connectivity index (χ0) is 31.9. The van der Waals surface area contributed by atoms with E-state index < -0.39 is 41.1 Å². The van der Waals surface area contributed by atoms with Crippen molar-refractivity contribution in [3.05, 3.63) is 128 Å². The van der Waals surface area contributed by atoms with Crippen molar-refractivity contribution in [1.29, 1.82) is 0 Å². The summed E-state index contributed by atoms with van der Waals surface area (Å²) < 4.78 is 48.9. The number of pyridine rings is 1. The van der Waals surface area contributed by atoms with Crippen molar-refractivity contribution in [3.8, 4) is 5.75 Å². The number of fused-ring (bicyclic) bond motifs is 4. The first-order chi connectivity index (χ1) is 22.4. The molecule has 3 aromatic carbocycles. The van der Waals surface area contributed by atoms with Gasteiger partial charge in [-0.05, 0) is 35.7 Å². The minimum atomic E-state index is -0.967. The molecule has 1 aromatic heterocycles. The van der Waals surface area contributed by atoms with Gasteiger partial charge in [0.25, 0.3) is 5.91 Å². The van der Waals surface area contributed by atoms with Gasteiger partial charge in [-0.3, -0.25) is 19.3 Å². The van der Waals surface area contributed by atoms with Crippen LogP contribution in [-0.2, 0) is 21.8 Å². The monoisotopic (exact) mass is 645 g/mol. The maximum Gasteiger partial charge on any atom is 0.343 e. The van der Waals surface area contributed by atoms with Gasteiger partial charge < -0.3 is 19.1 Å². The van der Waals surface area contributed by atoms with Crippen LogP contribution < -0.4 is 15.2 Å². The second kappa shape index (κ2) is 12.3. The Labute approximate surface area is 267 Å². The molecule has 0 aliphatic carbocycles. The molecule has 0 bridgehead atoms. The fourth-order valence-electron chi connectivity index (χ4n) is 6.25. The summed E-state index contributed by atoms with van der Waals surface area (Å²) in [5.74, 6) is -3.43. The fraction of sp³-hybridized carbons (Fsp3) is 0.265. The van der Waals surface area contributed by atoms with Crippen LogP contribution in [-0.4, -0.2) is 54.0 Å².